The lowest BCUT2D eigenvalue weighted by molar-refractivity contribution is -0.00000287. The van der Waals surface area contributed by atoms with E-state index in [1.165, 1.54) is 5.69 Å². The second kappa shape index (κ2) is 3.99. The minimum Gasteiger partial charge on any atom is -1.00 e. The van der Waals surface area contributed by atoms with Gasteiger partial charge in [0.1, 0.15) is 5.69 Å². The van der Waals surface area contributed by atoms with Crippen LogP contribution in [-0.2, 0) is 0 Å². The van der Waals surface area contributed by atoms with Gasteiger partial charge >= 0.3 is 0 Å². The van der Waals surface area contributed by atoms with E-state index in [1.807, 2.05) is 13.0 Å². The molecular formula is C10H17ClN2. The molecule has 0 atom stereocenters. The van der Waals surface area contributed by atoms with Crippen LogP contribution in [0.25, 0.3) is 0 Å². The Kier molecular flexibility index (Phi) is 3.76. The Morgan fingerprint density at radius 3 is 2.08 bits per heavy atom. The molecule has 2 N–H and O–H groups in total. The molecule has 0 saturated carbocycles. The molecule has 1 aromatic carbocycles. The minimum absolute atomic E-state index is 0. The van der Waals surface area contributed by atoms with Crippen molar-refractivity contribution in [2.75, 3.05) is 26.9 Å². The number of halogens is 1. The highest BCUT2D eigenvalue weighted by molar-refractivity contribution is 5.55. The van der Waals surface area contributed by atoms with Crippen molar-refractivity contribution in [1.82, 2.24) is 4.48 Å². The molecule has 0 spiro atoms. The minimum atomic E-state index is 0. The van der Waals surface area contributed by atoms with Crippen LogP contribution in [0.1, 0.15) is 5.56 Å². The van der Waals surface area contributed by atoms with Crippen LogP contribution < -0.4 is 22.6 Å². The number of hydrogen-bond acceptors (Lipinski definition) is 1. The molecular weight excluding hydrogens is 184 g/mol. The van der Waals surface area contributed by atoms with Crippen LogP contribution in [0.3, 0.4) is 0 Å². The fourth-order valence-electron chi connectivity index (χ4n) is 1.08. The van der Waals surface area contributed by atoms with E-state index in [0.29, 0.717) is 0 Å². The van der Waals surface area contributed by atoms with Crippen molar-refractivity contribution >= 4 is 11.4 Å². The third-order valence-electron chi connectivity index (χ3n) is 2.03. The first-order valence-electron chi connectivity index (χ1n) is 4.09. The van der Waals surface area contributed by atoms with Gasteiger partial charge in [-0.3, -0.25) is 4.48 Å². The second-order valence-corrected chi connectivity index (χ2v) is 4.05. The van der Waals surface area contributed by atoms with E-state index in [-0.39, 0.29) is 12.4 Å². The van der Waals surface area contributed by atoms with Gasteiger partial charge in [-0.2, -0.15) is 0 Å². The fraction of sp³-hybridized carbons (Fsp3) is 0.400. The van der Waals surface area contributed by atoms with Gasteiger partial charge in [-0.15, -0.1) is 0 Å². The Hall–Kier alpha value is -0.730. The van der Waals surface area contributed by atoms with Gasteiger partial charge in [0.25, 0.3) is 0 Å². The Balaban J connectivity index is 0.00000144. The summed E-state index contributed by atoms with van der Waals surface area (Å²) in [6.07, 6.45) is 0. The summed E-state index contributed by atoms with van der Waals surface area (Å²) >= 11 is 0. The molecule has 0 unspecified atom stereocenters. The van der Waals surface area contributed by atoms with Crippen molar-refractivity contribution in [3.63, 3.8) is 0 Å². The molecule has 0 aliphatic rings. The number of quaternary nitrogens is 1. The van der Waals surface area contributed by atoms with E-state index in [1.54, 1.807) is 0 Å². The summed E-state index contributed by atoms with van der Waals surface area (Å²) in [6.45, 7) is 2.04. The van der Waals surface area contributed by atoms with Crippen molar-refractivity contribution in [3.05, 3.63) is 23.8 Å². The lowest BCUT2D eigenvalue weighted by Gasteiger charge is -2.23. The molecule has 74 valence electrons. The van der Waals surface area contributed by atoms with Crippen LogP contribution in [0, 0.1) is 6.92 Å². The number of anilines is 1. The third kappa shape index (κ3) is 2.90. The van der Waals surface area contributed by atoms with Gasteiger partial charge in [0.15, 0.2) is 0 Å². The lowest BCUT2D eigenvalue weighted by Crippen LogP contribution is -3.00. The molecule has 2 nitrogen and oxygen atoms in total. The maximum absolute atomic E-state index is 5.73. The number of nitrogens with zero attached hydrogens (tertiary/aromatic N) is 1. The zero-order valence-corrected chi connectivity index (χ0v) is 9.39. The normalized spacial score (nSPS) is 10.8. The number of nitrogens with two attached hydrogens (primary N) is 1. The summed E-state index contributed by atoms with van der Waals surface area (Å²) in [5.74, 6) is 0. The zero-order valence-electron chi connectivity index (χ0n) is 8.63. The predicted octanol–water partition coefficient (Wildman–Crippen LogP) is -1.22. The fourth-order valence-corrected chi connectivity index (χ4v) is 1.08. The number of hydrogen-bond donors (Lipinski definition) is 1. The molecule has 1 rings (SSSR count). The van der Waals surface area contributed by atoms with Gasteiger partial charge < -0.3 is 18.1 Å². The molecule has 0 aliphatic heterocycles. The quantitative estimate of drug-likeness (QED) is 0.447. The largest absolute Gasteiger partial charge is 1.00 e. The highest BCUT2D eigenvalue weighted by atomic mass is 35.5. The molecule has 0 fully saturated rings. The van der Waals surface area contributed by atoms with Crippen LogP contribution in [0.4, 0.5) is 11.4 Å². The highest BCUT2D eigenvalue weighted by Crippen LogP contribution is 2.21. The van der Waals surface area contributed by atoms with Crippen LogP contribution in [-0.4, -0.2) is 21.1 Å². The van der Waals surface area contributed by atoms with Gasteiger partial charge in [-0.1, -0.05) is 0 Å². The van der Waals surface area contributed by atoms with Crippen molar-refractivity contribution in [2.24, 2.45) is 0 Å². The lowest BCUT2D eigenvalue weighted by atomic mass is 10.1. The summed E-state index contributed by atoms with van der Waals surface area (Å²) in [4.78, 5) is 0. The Labute approximate surface area is 86.4 Å². The van der Waals surface area contributed by atoms with Crippen LogP contribution in [0.5, 0.6) is 0 Å². The summed E-state index contributed by atoms with van der Waals surface area (Å²) in [6, 6.07) is 6.17. The number of rotatable bonds is 1. The molecule has 0 bridgehead atoms. The van der Waals surface area contributed by atoms with Crippen molar-refractivity contribution in [3.8, 4) is 0 Å². The van der Waals surface area contributed by atoms with Crippen LogP contribution in [0.2, 0.25) is 0 Å². The van der Waals surface area contributed by atoms with E-state index < -0.39 is 0 Å². The smallest absolute Gasteiger partial charge is 0.132 e. The first-order chi connectivity index (χ1) is 5.41. The van der Waals surface area contributed by atoms with E-state index in [2.05, 4.69) is 33.3 Å². The summed E-state index contributed by atoms with van der Waals surface area (Å²) in [7, 11) is 6.43. The van der Waals surface area contributed by atoms with Gasteiger partial charge in [0, 0.05) is 17.8 Å². The average molecular weight is 201 g/mol. The van der Waals surface area contributed by atoms with Gasteiger partial charge in [-0.05, 0) is 18.6 Å². The van der Waals surface area contributed by atoms with E-state index in [9.17, 15) is 0 Å². The molecule has 0 aliphatic carbocycles. The summed E-state index contributed by atoms with van der Waals surface area (Å²) in [5, 5.41) is 0. The Morgan fingerprint density at radius 1 is 1.15 bits per heavy atom. The number of benzene rings is 1. The average Bonchev–Trinajstić information content (AvgIpc) is 1.92. The Bertz CT molecular complexity index is 289. The SMILES string of the molecule is Cc1cc([N+](C)(C)C)ccc1N.[Cl-]. The third-order valence-corrected chi connectivity index (χ3v) is 2.03. The molecule has 0 aromatic heterocycles. The summed E-state index contributed by atoms with van der Waals surface area (Å²) in [5.41, 5.74) is 9.03. The van der Waals surface area contributed by atoms with Crippen LogP contribution in [0.15, 0.2) is 18.2 Å². The Morgan fingerprint density at radius 2 is 1.69 bits per heavy atom. The maximum atomic E-state index is 5.73. The van der Waals surface area contributed by atoms with Crippen molar-refractivity contribution < 1.29 is 12.4 Å². The van der Waals surface area contributed by atoms with Crippen molar-refractivity contribution in [1.29, 1.82) is 0 Å². The second-order valence-electron chi connectivity index (χ2n) is 4.05. The van der Waals surface area contributed by atoms with E-state index in [4.69, 9.17) is 5.73 Å². The molecule has 0 heterocycles. The predicted molar refractivity (Wildman–Crippen MR) is 55.2 cm³/mol. The first-order valence-corrected chi connectivity index (χ1v) is 4.09. The number of aryl methyl sites for hydroxylation is 1. The highest BCUT2D eigenvalue weighted by Gasteiger charge is 2.11. The zero-order chi connectivity index (χ0) is 9.35. The number of nitrogen functional groups attached to an aromatic ring is 1. The molecule has 0 amide bonds. The molecule has 1 aromatic rings. The van der Waals surface area contributed by atoms with Crippen molar-refractivity contribution in [2.45, 2.75) is 6.92 Å². The topological polar surface area (TPSA) is 26.0 Å². The maximum Gasteiger partial charge on any atom is 0.132 e. The molecule has 3 heteroatoms. The monoisotopic (exact) mass is 200 g/mol. The van der Waals surface area contributed by atoms with Crippen LogP contribution >= 0.6 is 0 Å². The van der Waals surface area contributed by atoms with E-state index in [0.717, 1.165) is 15.7 Å². The van der Waals surface area contributed by atoms with E-state index >= 15 is 0 Å². The van der Waals surface area contributed by atoms with Gasteiger partial charge in [0.05, 0.1) is 21.1 Å². The molecule has 0 saturated heterocycles. The van der Waals surface area contributed by atoms with Gasteiger partial charge in [0.2, 0.25) is 0 Å². The first kappa shape index (κ1) is 12.3. The molecule has 13 heavy (non-hydrogen) atoms. The standard InChI is InChI=1S/C10H17N2.ClH/c1-8-7-9(12(2,3)4)5-6-10(8)11;/h5-7H,11H2,1-4H3;1H/q+1;/p-1. The molecule has 0 radical (unpaired) electrons. The van der Waals surface area contributed by atoms with Gasteiger partial charge in [-0.25, -0.2) is 0 Å². The summed E-state index contributed by atoms with van der Waals surface area (Å²) < 4.78 is 0.834.